The van der Waals surface area contributed by atoms with Crippen molar-refractivity contribution >= 4 is 26.7 Å². The van der Waals surface area contributed by atoms with Crippen LogP contribution >= 0.6 is 15.9 Å². The zero-order valence-corrected chi connectivity index (χ0v) is 20.1. The Hall–Kier alpha value is -3.61. The Morgan fingerprint density at radius 1 is 0.912 bits per heavy atom. The van der Waals surface area contributed by atoms with Crippen LogP contribution < -0.4 is 4.74 Å². The van der Waals surface area contributed by atoms with Gasteiger partial charge in [-0.1, -0.05) is 89.6 Å². The summed E-state index contributed by atoms with van der Waals surface area (Å²) in [6, 6.07) is 30.1. The molecular formula is C31H20BrNO. The zero-order chi connectivity index (χ0) is 23.0. The summed E-state index contributed by atoms with van der Waals surface area (Å²) in [7, 11) is 0. The van der Waals surface area contributed by atoms with Crippen LogP contribution in [0.1, 0.15) is 29.2 Å². The number of benzene rings is 4. The highest BCUT2D eigenvalue weighted by Gasteiger charge is 2.54. The molecule has 0 fully saturated rings. The topological polar surface area (TPSA) is 33.0 Å². The molecule has 3 unspecified atom stereocenters. The summed E-state index contributed by atoms with van der Waals surface area (Å²) in [5, 5.41) is 12.3. The van der Waals surface area contributed by atoms with Gasteiger partial charge in [-0.3, -0.25) is 0 Å². The van der Waals surface area contributed by atoms with Crippen LogP contribution in [-0.4, -0.2) is 4.83 Å². The predicted octanol–water partition coefficient (Wildman–Crippen LogP) is 7.64. The maximum Gasteiger partial charge on any atom is 0.132 e. The fourth-order valence-corrected chi connectivity index (χ4v) is 6.72. The van der Waals surface area contributed by atoms with Crippen LogP contribution in [0.15, 0.2) is 102 Å². The maximum atomic E-state index is 9.81. The van der Waals surface area contributed by atoms with E-state index < -0.39 is 5.41 Å². The van der Waals surface area contributed by atoms with Crippen molar-refractivity contribution in [3.63, 3.8) is 0 Å². The second kappa shape index (κ2) is 6.95. The first-order valence-electron chi connectivity index (χ1n) is 11.6. The van der Waals surface area contributed by atoms with Gasteiger partial charge < -0.3 is 4.74 Å². The van der Waals surface area contributed by atoms with Crippen molar-refractivity contribution in [1.82, 2.24) is 0 Å². The van der Waals surface area contributed by atoms with E-state index in [0.717, 1.165) is 17.1 Å². The molecule has 0 amide bonds. The molecule has 4 aromatic carbocycles. The molecule has 7 rings (SSSR count). The van der Waals surface area contributed by atoms with Crippen LogP contribution in [0.3, 0.4) is 0 Å². The van der Waals surface area contributed by atoms with Gasteiger partial charge in [0.05, 0.1) is 17.0 Å². The van der Waals surface area contributed by atoms with Crippen molar-refractivity contribution in [2.24, 2.45) is 5.92 Å². The summed E-state index contributed by atoms with van der Waals surface area (Å²) in [6.45, 7) is 2.27. The van der Waals surface area contributed by atoms with E-state index in [1.807, 2.05) is 18.2 Å². The summed E-state index contributed by atoms with van der Waals surface area (Å²) < 4.78 is 6.52. The fraction of sp³-hybridized carbons (Fsp3) is 0.129. The van der Waals surface area contributed by atoms with Gasteiger partial charge in [0.2, 0.25) is 0 Å². The molecule has 0 N–H and O–H groups in total. The van der Waals surface area contributed by atoms with Gasteiger partial charge in [-0.2, -0.15) is 5.26 Å². The number of hydrogen-bond donors (Lipinski definition) is 0. The standard InChI is InChI=1S/C31H20BrNO/c1-18-26(32)13-15-28-30(18)31(25-16-19(17-33)10-14-27(25)34-28)23-9-5-4-8-22(23)29-21-7-3-2-6-20(21)11-12-24(29)31/h2-16,18,26H,1H3. The van der Waals surface area contributed by atoms with Crippen LogP contribution in [0.2, 0.25) is 0 Å². The van der Waals surface area contributed by atoms with E-state index in [9.17, 15) is 5.26 Å². The zero-order valence-electron chi connectivity index (χ0n) is 18.5. The molecule has 0 radical (unpaired) electrons. The molecule has 3 atom stereocenters. The molecule has 4 aromatic rings. The van der Waals surface area contributed by atoms with Gasteiger partial charge in [0, 0.05) is 10.4 Å². The SMILES string of the molecule is CC1C2=C(C=CC1Br)Oc1ccc(C#N)cc1C21c2ccccc2-c2c1ccc1ccccc21. The molecule has 3 heteroatoms. The first-order chi connectivity index (χ1) is 16.6. The molecule has 0 bridgehead atoms. The average Bonchev–Trinajstić information content (AvgIpc) is 3.17. The van der Waals surface area contributed by atoms with Crippen LogP contribution in [0, 0.1) is 17.2 Å². The molecule has 0 aromatic heterocycles. The molecule has 2 nitrogen and oxygen atoms in total. The van der Waals surface area contributed by atoms with Crippen LogP contribution in [0.4, 0.5) is 0 Å². The van der Waals surface area contributed by atoms with E-state index in [1.54, 1.807) is 0 Å². The van der Waals surface area contributed by atoms with Crippen LogP contribution in [0.5, 0.6) is 5.75 Å². The van der Waals surface area contributed by atoms with E-state index in [0.29, 0.717) is 5.56 Å². The third-order valence-corrected chi connectivity index (χ3v) is 8.80. The van der Waals surface area contributed by atoms with E-state index in [4.69, 9.17) is 4.74 Å². The lowest BCUT2D eigenvalue weighted by Gasteiger charge is -2.45. The van der Waals surface area contributed by atoms with E-state index in [1.165, 1.54) is 38.6 Å². The molecule has 3 aliphatic rings. The van der Waals surface area contributed by atoms with Crippen molar-refractivity contribution in [1.29, 1.82) is 5.26 Å². The minimum absolute atomic E-state index is 0.198. The summed E-state index contributed by atoms with van der Waals surface area (Å²) in [5.74, 6) is 1.93. The first kappa shape index (κ1) is 19.8. The third-order valence-electron chi connectivity index (χ3n) is 7.70. The number of fused-ring (bicyclic) bond motifs is 10. The highest BCUT2D eigenvalue weighted by molar-refractivity contribution is 9.09. The molecule has 0 saturated carbocycles. The van der Waals surface area contributed by atoms with Gasteiger partial charge in [0.15, 0.2) is 0 Å². The maximum absolute atomic E-state index is 9.81. The Labute approximate surface area is 206 Å². The van der Waals surface area contributed by atoms with Gasteiger partial charge in [-0.05, 0) is 68.8 Å². The number of rotatable bonds is 0. The van der Waals surface area contributed by atoms with Gasteiger partial charge in [0.25, 0.3) is 0 Å². The lowest BCUT2D eigenvalue weighted by molar-refractivity contribution is 0.373. The highest BCUT2D eigenvalue weighted by Crippen LogP contribution is 2.64. The minimum atomic E-state index is -0.526. The Morgan fingerprint density at radius 3 is 2.62 bits per heavy atom. The average molecular weight is 502 g/mol. The number of nitrogens with zero attached hydrogens (tertiary/aromatic N) is 1. The van der Waals surface area contributed by atoms with E-state index in [-0.39, 0.29) is 10.7 Å². The normalized spacial score (nSPS) is 23.7. The summed E-state index contributed by atoms with van der Waals surface area (Å²) >= 11 is 3.91. The fourth-order valence-electron chi connectivity index (χ4n) is 6.31. The van der Waals surface area contributed by atoms with E-state index >= 15 is 0 Å². The first-order valence-corrected chi connectivity index (χ1v) is 12.5. The molecule has 162 valence electrons. The van der Waals surface area contributed by atoms with Crippen molar-refractivity contribution in [2.75, 3.05) is 0 Å². The quantitative estimate of drug-likeness (QED) is 0.232. The lowest BCUT2D eigenvalue weighted by Crippen LogP contribution is -2.40. The Morgan fingerprint density at radius 2 is 1.74 bits per heavy atom. The van der Waals surface area contributed by atoms with Crippen LogP contribution in [-0.2, 0) is 5.41 Å². The number of halogens is 1. The second-order valence-electron chi connectivity index (χ2n) is 9.30. The van der Waals surface area contributed by atoms with E-state index in [2.05, 4.69) is 102 Å². The monoisotopic (exact) mass is 501 g/mol. The number of allylic oxidation sites excluding steroid dienone is 3. The van der Waals surface area contributed by atoms with Crippen molar-refractivity contribution in [2.45, 2.75) is 17.2 Å². The summed E-state index contributed by atoms with van der Waals surface area (Å²) in [4.78, 5) is 0.198. The third kappa shape index (κ3) is 2.34. The summed E-state index contributed by atoms with van der Waals surface area (Å²) in [5.41, 5.74) is 7.48. The lowest BCUT2D eigenvalue weighted by atomic mass is 9.61. The Bertz CT molecular complexity index is 1640. The Kier molecular flexibility index (Phi) is 4.05. The number of ether oxygens (including phenoxy) is 1. The molecule has 1 spiro atoms. The highest BCUT2D eigenvalue weighted by atomic mass is 79.9. The molecule has 0 saturated heterocycles. The predicted molar refractivity (Wildman–Crippen MR) is 139 cm³/mol. The summed E-state index contributed by atoms with van der Waals surface area (Å²) in [6.07, 6.45) is 4.29. The minimum Gasteiger partial charge on any atom is -0.457 e. The number of hydrogen-bond acceptors (Lipinski definition) is 2. The largest absolute Gasteiger partial charge is 0.457 e. The number of alkyl halides is 1. The van der Waals surface area contributed by atoms with Gasteiger partial charge >= 0.3 is 0 Å². The molecular weight excluding hydrogens is 482 g/mol. The second-order valence-corrected chi connectivity index (χ2v) is 10.4. The molecule has 1 heterocycles. The van der Waals surface area contributed by atoms with Crippen molar-refractivity contribution in [3.8, 4) is 22.9 Å². The van der Waals surface area contributed by atoms with Gasteiger partial charge in [-0.25, -0.2) is 0 Å². The van der Waals surface area contributed by atoms with Crippen molar-refractivity contribution in [3.05, 3.63) is 125 Å². The Balaban J connectivity index is 1.72. The molecule has 1 aliphatic heterocycles. The van der Waals surface area contributed by atoms with Gasteiger partial charge in [-0.15, -0.1) is 0 Å². The van der Waals surface area contributed by atoms with Gasteiger partial charge in [0.1, 0.15) is 11.5 Å². The smallest absolute Gasteiger partial charge is 0.132 e. The molecule has 34 heavy (non-hydrogen) atoms. The van der Waals surface area contributed by atoms with Crippen LogP contribution in [0.25, 0.3) is 21.9 Å². The number of nitriles is 1. The van der Waals surface area contributed by atoms with Crippen molar-refractivity contribution < 1.29 is 4.74 Å². The molecule has 2 aliphatic carbocycles.